The molecule has 0 aromatic heterocycles. The molecular weight excluding hydrogens is 506 g/mol. The molecule has 208 valence electrons. The second kappa shape index (κ2) is 11.5. The Labute approximate surface area is 234 Å². The van der Waals surface area contributed by atoms with Gasteiger partial charge < -0.3 is 19.7 Å². The first-order valence-electron chi connectivity index (χ1n) is 13.6. The zero-order valence-corrected chi connectivity index (χ0v) is 23.1. The number of ether oxygens (including phenoxy) is 2. The lowest BCUT2D eigenvalue weighted by molar-refractivity contribution is -0.128. The number of hydrogen-bond donors (Lipinski definition) is 1. The first kappa shape index (κ1) is 27.4. The Kier molecular flexibility index (Phi) is 7.89. The number of nitrogens with one attached hydrogen (secondary N) is 1. The maximum atomic E-state index is 14.1. The first-order chi connectivity index (χ1) is 19.3. The fourth-order valence-electron chi connectivity index (χ4n) is 5.64. The predicted molar refractivity (Wildman–Crippen MR) is 151 cm³/mol. The highest BCUT2D eigenvalue weighted by molar-refractivity contribution is 5.99. The quantitative estimate of drug-likeness (QED) is 0.501. The van der Waals surface area contributed by atoms with Crippen LogP contribution in [0.1, 0.15) is 57.7 Å². The van der Waals surface area contributed by atoms with Gasteiger partial charge in [0.1, 0.15) is 17.5 Å². The molecule has 2 fully saturated rings. The minimum absolute atomic E-state index is 0.0921. The van der Waals surface area contributed by atoms with E-state index in [1.54, 1.807) is 47.2 Å². The van der Waals surface area contributed by atoms with Crippen molar-refractivity contribution >= 4 is 17.7 Å². The van der Waals surface area contributed by atoms with Gasteiger partial charge in [-0.15, -0.1) is 0 Å². The average molecular weight is 542 g/mol. The fraction of sp³-hybridized carbons (Fsp3) is 0.344. The average Bonchev–Trinajstić information content (AvgIpc) is 3.36. The molecule has 0 saturated carbocycles. The molecule has 8 nitrogen and oxygen atoms in total. The second-order valence-corrected chi connectivity index (χ2v) is 10.4. The highest BCUT2D eigenvalue weighted by Gasteiger charge is 2.54. The van der Waals surface area contributed by atoms with Crippen molar-refractivity contribution in [1.82, 2.24) is 15.1 Å². The third kappa shape index (κ3) is 5.31. The molecule has 0 aliphatic carbocycles. The van der Waals surface area contributed by atoms with E-state index in [0.717, 1.165) is 11.1 Å². The summed E-state index contributed by atoms with van der Waals surface area (Å²) in [6.07, 6.45) is 0.802. The van der Waals surface area contributed by atoms with Gasteiger partial charge in [-0.1, -0.05) is 54.6 Å². The number of nitrogens with zero attached hydrogens (tertiary/aromatic N) is 2. The number of aryl methyl sites for hydroxylation is 1. The SMILES string of the molecule is COc1cccc(C(=O)N2CCC3(CC2)OC[C@@H](C(=O)N[C@@H](C)c2ccccc2)N3C(=O)c2ccccc2C)c1. The van der Waals surface area contributed by atoms with Crippen molar-refractivity contribution in [3.05, 3.63) is 101 Å². The number of amides is 3. The van der Waals surface area contributed by atoms with Crippen LogP contribution in [0.5, 0.6) is 5.75 Å². The van der Waals surface area contributed by atoms with E-state index in [-0.39, 0.29) is 30.4 Å². The van der Waals surface area contributed by atoms with E-state index in [1.807, 2.05) is 62.4 Å². The Hall–Kier alpha value is -4.17. The van der Waals surface area contributed by atoms with Gasteiger partial charge in [0.25, 0.3) is 11.8 Å². The minimum atomic E-state index is -0.984. The third-order valence-electron chi connectivity index (χ3n) is 7.96. The molecule has 2 aliphatic heterocycles. The van der Waals surface area contributed by atoms with Gasteiger partial charge in [0.05, 0.1) is 19.8 Å². The minimum Gasteiger partial charge on any atom is -0.497 e. The van der Waals surface area contributed by atoms with Crippen LogP contribution < -0.4 is 10.1 Å². The summed E-state index contributed by atoms with van der Waals surface area (Å²) in [4.78, 5) is 44.4. The summed E-state index contributed by atoms with van der Waals surface area (Å²) >= 11 is 0. The molecule has 2 saturated heterocycles. The van der Waals surface area contributed by atoms with Crippen molar-refractivity contribution in [2.75, 3.05) is 26.8 Å². The third-order valence-corrected chi connectivity index (χ3v) is 7.96. The Morgan fingerprint density at radius 3 is 2.35 bits per heavy atom. The maximum Gasteiger partial charge on any atom is 0.257 e. The van der Waals surface area contributed by atoms with Gasteiger partial charge in [-0.05, 0) is 49.2 Å². The molecule has 1 spiro atoms. The van der Waals surface area contributed by atoms with Gasteiger partial charge in [0, 0.05) is 37.1 Å². The van der Waals surface area contributed by atoms with E-state index >= 15 is 0 Å². The lowest BCUT2D eigenvalue weighted by atomic mass is 9.95. The van der Waals surface area contributed by atoms with Crippen LogP contribution in [0.4, 0.5) is 0 Å². The summed E-state index contributed by atoms with van der Waals surface area (Å²) in [5.74, 6) is 0.0160. The van der Waals surface area contributed by atoms with Gasteiger partial charge in [-0.25, -0.2) is 0 Å². The Balaban J connectivity index is 1.38. The Bertz CT molecular complexity index is 1380. The monoisotopic (exact) mass is 541 g/mol. The molecule has 0 unspecified atom stereocenters. The molecule has 0 bridgehead atoms. The van der Waals surface area contributed by atoms with Crippen LogP contribution in [0.3, 0.4) is 0 Å². The lowest BCUT2D eigenvalue weighted by Gasteiger charge is -2.44. The number of rotatable bonds is 6. The number of benzene rings is 3. The van der Waals surface area contributed by atoms with E-state index in [2.05, 4.69) is 5.32 Å². The number of carbonyl (C=O) groups is 3. The summed E-state index contributed by atoms with van der Waals surface area (Å²) in [5.41, 5.74) is 1.91. The lowest BCUT2D eigenvalue weighted by Crippen LogP contribution is -2.60. The van der Waals surface area contributed by atoms with E-state index in [9.17, 15) is 14.4 Å². The molecule has 5 rings (SSSR count). The van der Waals surface area contributed by atoms with Crippen molar-refractivity contribution in [2.24, 2.45) is 0 Å². The molecule has 3 aromatic rings. The van der Waals surface area contributed by atoms with Crippen LogP contribution in [-0.4, -0.2) is 66.1 Å². The molecule has 0 radical (unpaired) electrons. The van der Waals surface area contributed by atoms with Gasteiger partial charge >= 0.3 is 0 Å². The predicted octanol–water partition coefficient (Wildman–Crippen LogP) is 4.35. The summed E-state index contributed by atoms with van der Waals surface area (Å²) in [5, 5.41) is 3.08. The molecule has 3 amide bonds. The molecule has 3 aromatic carbocycles. The number of hydrogen-bond acceptors (Lipinski definition) is 5. The van der Waals surface area contributed by atoms with E-state index in [0.29, 0.717) is 42.8 Å². The Morgan fingerprint density at radius 2 is 1.65 bits per heavy atom. The van der Waals surface area contributed by atoms with Crippen LogP contribution in [0.2, 0.25) is 0 Å². The number of likely N-dealkylation sites (tertiary alicyclic amines) is 1. The molecular formula is C32H35N3O5. The van der Waals surface area contributed by atoms with E-state index in [4.69, 9.17) is 9.47 Å². The molecule has 8 heteroatoms. The molecule has 2 atom stereocenters. The Morgan fingerprint density at radius 1 is 0.950 bits per heavy atom. The van der Waals surface area contributed by atoms with Gasteiger partial charge in [-0.3, -0.25) is 19.3 Å². The van der Waals surface area contributed by atoms with Gasteiger partial charge in [-0.2, -0.15) is 0 Å². The highest BCUT2D eigenvalue weighted by atomic mass is 16.5. The van der Waals surface area contributed by atoms with Crippen molar-refractivity contribution in [1.29, 1.82) is 0 Å². The van der Waals surface area contributed by atoms with Crippen LogP contribution in [0.25, 0.3) is 0 Å². The largest absolute Gasteiger partial charge is 0.497 e. The van der Waals surface area contributed by atoms with Crippen molar-refractivity contribution in [3.8, 4) is 5.75 Å². The van der Waals surface area contributed by atoms with Crippen LogP contribution in [0.15, 0.2) is 78.9 Å². The normalized spacial score (nSPS) is 18.8. The van der Waals surface area contributed by atoms with Crippen molar-refractivity contribution in [3.63, 3.8) is 0 Å². The summed E-state index contributed by atoms with van der Waals surface area (Å²) in [6, 6.07) is 23.2. The van der Waals surface area contributed by atoms with E-state index in [1.165, 1.54) is 0 Å². The summed E-state index contributed by atoms with van der Waals surface area (Å²) in [7, 11) is 1.57. The smallest absolute Gasteiger partial charge is 0.257 e. The van der Waals surface area contributed by atoms with Crippen LogP contribution in [0, 0.1) is 6.92 Å². The zero-order valence-electron chi connectivity index (χ0n) is 23.1. The van der Waals surface area contributed by atoms with Gasteiger partial charge in [0.15, 0.2) is 0 Å². The molecule has 1 N–H and O–H groups in total. The molecule has 40 heavy (non-hydrogen) atoms. The number of carbonyl (C=O) groups excluding carboxylic acids is 3. The standard InChI is InChI=1S/C32H35N3O5/c1-22-10-7-8-15-27(22)31(38)35-28(29(36)33-23(2)24-11-5-4-6-12-24)21-40-32(35)16-18-34(19-17-32)30(37)25-13-9-14-26(20-25)39-3/h4-15,20,23,28H,16-19,21H2,1-3H3,(H,33,36)/t23-,28-/m0/s1. The number of methoxy groups -OCH3 is 1. The zero-order chi connectivity index (χ0) is 28.3. The van der Waals surface area contributed by atoms with Crippen LogP contribution in [-0.2, 0) is 9.53 Å². The first-order valence-corrected chi connectivity index (χ1v) is 13.6. The van der Waals surface area contributed by atoms with Gasteiger partial charge in [0.2, 0.25) is 5.91 Å². The summed E-state index contributed by atoms with van der Waals surface area (Å²) < 4.78 is 11.6. The highest BCUT2D eigenvalue weighted by Crippen LogP contribution is 2.39. The second-order valence-electron chi connectivity index (χ2n) is 10.4. The maximum absolute atomic E-state index is 14.1. The van der Waals surface area contributed by atoms with Crippen LogP contribution >= 0.6 is 0 Å². The topological polar surface area (TPSA) is 88.2 Å². The van der Waals surface area contributed by atoms with Crippen molar-refractivity contribution in [2.45, 2.75) is 44.5 Å². The van der Waals surface area contributed by atoms with E-state index < -0.39 is 11.8 Å². The fourth-order valence-corrected chi connectivity index (χ4v) is 5.64. The van der Waals surface area contributed by atoms with Crippen molar-refractivity contribution < 1.29 is 23.9 Å². The molecule has 2 aliphatic rings. The number of piperidine rings is 1. The summed E-state index contributed by atoms with van der Waals surface area (Å²) in [6.45, 7) is 4.69. The molecule has 2 heterocycles.